The summed E-state index contributed by atoms with van der Waals surface area (Å²) in [5, 5.41) is 9.56. The molecule has 1 saturated heterocycles. The third-order valence-electron chi connectivity index (χ3n) is 5.20. The number of hydrogen-bond acceptors (Lipinski definition) is 3. The molecule has 28 heavy (non-hydrogen) atoms. The van der Waals surface area contributed by atoms with Crippen molar-refractivity contribution in [1.82, 2.24) is 15.5 Å². The molecule has 0 saturated carbocycles. The summed E-state index contributed by atoms with van der Waals surface area (Å²) in [7, 11) is 0. The van der Waals surface area contributed by atoms with Crippen LogP contribution in [0.15, 0.2) is 29.3 Å². The Labute approximate surface area is 170 Å². The number of hydrogen-bond donors (Lipinski definition) is 3. The van der Waals surface area contributed by atoms with E-state index in [0.29, 0.717) is 0 Å². The van der Waals surface area contributed by atoms with E-state index in [1.165, 1.54) is 44.7 Å². The van der Waals surface area contributed by atoms with Crippen molar-refractivity contribution in [2.24, 2.45) is 4.99 Å². The van der Waals surface area contributed by atoms with Crippen molar-refractivity contribution in [1.29, 1.82) is 0 Å². The second-order valence-corrected chi connectivity index (χ2v) is 7.41. The minimum absolute atomic E-state index is 0.0456. The van der Waals surface area contributed by atoms with E-state index < -0.39 is 0 Å². The molecule has 1 aromatic carbocycles. The molecule has 1 aromatic rings. The van der Waals surface area contributed by atoms with E-state index in [1.807, 2.05) is 12.1 Å². The molecule has 6 heteroatoms. The van der Waals surface area contributed by atoms with Crippen molar-refractivity contribution in [3.63, 3.8) is 0 Å². The van der Waals surface area contributed by atoms with Gasteiger partial charge in [0.2, 0.25) is 5.91 Å². The van der Waals surface area contributed by atoms with Crippen molar-refractivity contribution in [3.05, 3.63) is 29.8 Å². The molecule has 3 N–H and O–H groups in total. The van der Waals surface area contributed by atoms with Crippen LogP contribution in [0.2, 0.25) is 0 Å². The first kappa shape index (κ1) is 22.2. The Hall–Kier alpha value is -2.08. The van der Waals surface area contributed by atoms with Crippen molar-refractivity contribution in [2.45, 2.75) is 58.9 Å². The molecule has 0 spiro atoms. The van der Waals surface area contributed by atoms with E-state index in [9.17, 15) is 4.79 Å². The fourth-order valence-corrected chi connectivity index (χ4v) is 3.73. The second-order valence-electron chi connectivity index (χ2n) is 7.41. The van der Waals surface area contributed by atoms with Crippen LogP contribution in [0.5, 0.6) is 0 Å². The fraction of sp³-hybridized carbons (Fsp3) is 0.636. The van der Waals surface area contributed by atoms with Gasteiger partial charge in [0.15, 0.2) is 5.96 Å². The van der Waals surface area contributed by atoms with E-state index in [-0.39, 0.29) is 5.91 Å². The number of piperidine rings is 1. The third kappa shape index (κ3) is 7.89. The first-order valence-electron chi connectivity index (χ1n) is 10.7. The molecule has 1 aliphatic rings. The molecule has 1 atom stereocenters. The summed E-state index contributed by atoms with van der Waals surface area (Å²) >= 11 is 0. The van der Waals surface area contributed by atoms with E-state index in [0.717, 1.165) is 50.3 Å². The summed E-state index contributed by atoms with van der Waals surface area (Å²) in [5.74, 6) is 0.846. The minimum Gasteiger partial charge on any atom is -0.357 e. The highest BCUT2D eigenvalue weighted by molar-refractivity contribution is 5.88. The normalized spacial score (nSPS) is 18.0. The predicted octanol–water partition coefficient (Wildman–Crippen LogP) is 3.01. The molecule has 0 aliphatic carbocycles. The van der Waals surface area contributed by atoms with Crippen LogP contribution < -0.4 is 16.0 Å². The summed E-state index contributed by atoms with van der Waals surface area (Å²) < 4.78 is 0. The highest BCUT2D eigenvalue weighted by Gasteiger charge is 2.19. The molecule has 1 heterocycles. The molecule has 0 aromatic heterocycles. The number of nitrogens with one attached hydrogen (secondary N) is 3. The van der Waals surface area contributed by atoms with Gasteiger partial charge in [-0.3, -0.25) is 14.7 Å². The SMILES string of the molecule is CCNC(=NCCN1CCCCC1CC)NCCc1ccc(NC(C)=O)cc1. The Morgan fingerprint density at radius 2 is 1.96 bits per heavy atom. The molecule has 6 nitrogen and oxygen atoms in total. The molecule has 2 rings (SSSR count). The van der Waals surface area contributed by atoms with E-state index in [2.05, 4.69) is 46.8 Å². The first-order chi connectivity index (χ1) is 13.6. The summed E-state index contributed by atoms with van der Waals surface area (Å²) in [6.07, 6.45) is 6.17. The van der Waals surface area contributed by atoms with Crippen molar-refractivity contribution < 1.29 is 4.79 Å². The number of rotatable bonds is 9. The van der Waals surface area contributed by atoms with Gasteiger partial charge in [0.25, 0.3) is 0 Å². The summed E-state index contributed by atoms with van der Waals surface area (Å²) in [6, 6.07) is 8.73. The Bertz CT molecular complexity index is 614. The van der Waals surface area contributed by atoms with Gasteiger partial charge < -0.3 is 16.0 Å². The zero-order valence-corrected chi connectivity index (χ0v) is 17.8. The van der Waals surface area contributed by atoms with Gasteiger partial charge in [-0.25, -0.2) is 0 Å². The quantitative estimate of drug-likeness (QED) is 0.450. The van der Waals surface area contributed by atoms with Gasteiger partial charge in [0, 0.05) is 38.3 Å². The number of guanidine groups is 1. The van der Waals surface area contributed by atoms with Gasteiger partial charge in [-0.05, 0) is 56.8 Å². The highest BCUT2D eigenvalue weighted by atomic mass is 16.1. The average molecular weight is 388 g/mol. The summed E-state index contributed by atoms with van der Waals surface area (Å²) in [5.41, 5.74) is 2.07. The van der Waals surface area contributed by atoms with Gasteiger partial charge in [-0.1, -0.05) is 25.5 Å². The maximum absolute atomic E-state index is 11.1. The molecule has 156 valence electrons. The summed E-state index contributed by atoms with van der Waals surface area (Å²) in [4.78, 5) is 18.4. The molecule has 0 radical (unpaired) electrons. The maximum Gasteiger partial charge on any atom is 0.221 e. The standard InChI is InChI=1S/C22H37N5O/c1-4-21-8-6-7-16-27(21)17-15-25-22(23-5-2)24-14-13-19-9-11-20(12-10-19)26-18(3)28/h9-12,21H,4-8,13-17H2,1-3H3,(H,26,28)(H2,23,24,25). The number of benzene rings is 1. The monoisotopic (exact) mass is 387 g/mol. The number of anilines is 1. The predicted molar refractivity (Wildman–Crippen MR) is 118 cm³/mol. The van der Waals surface area contributed by atoms with Crippen LogP contribution in [0.4, 0.5) is 5.69 Å². The lowest BCUT2D eigenvalue weighted by atomic mass is 10.0. The van der Waals surface area contributed by atoms with Crippen LogP contribution in [-0.2, 0) is 11.2 Å². The van der Waals surface area contributed by atoms with Crippen LogP contribution in [0.3, 0.4) is 0 Å². The fourth-order valence-electron chi connectivity index (χ4n) is 3.73. The van der Waals surface area contributed by atoms with Crippen LogP contribution in [0.25, 0.3) is 0 Å². The van der Waals surface area contributed by atoms with Crippen LogP contribution in [0, 0.1) is 0 Å². The Morgan fingerprint density at radius 1 is 1.18 bits per heavy atom. The molecular formula is C22H37N5O. The van der Waals surface area contributed by atoms with Crippen LogP contribution >= 0.6 is 0 Å². The third-order valence-corrected chi connectivity index (χ3v) is 5.20. The highest BCUT2D eigenvalue weighted by Crippen LogP contribution is 2.18. The van der Waals surface area contributed by atoms with Gasteiger partial charge in [0.1, 0.15) is 0 Å². The lowest BCUT2D eigenvalue weighted by Gasteiger charge is -2.34. The van der Waals surface area contributed by atoms with E-state index in [4.69, 9.17) is 4.99 Å². The largest absolute Gasteiger partial charge is 0.357 e. The Morgan fingerprint density at radius 3 is 2.64 bits per heavy atom. The number of amides is 1. The molecule has 1 aliphatic heterocycles. The van der Waals surface area contributed by atoms with E-state index >= 15 is 0 Å². The van der Waals surface area contributed by atoms with E-state index in [1.54, 1.807) is 0 Å². The van der Waals surface area contributed by atoms with Crippen molar-refractivity contribution in [2.75, 3.05) is 38.0 Å². The second kappa shape index (κ2) is 12.4. The minimum atomic E-state index is -0.0456. The molecule has 1 amide bonds. The summed E-state index contributed by atoms with van der Waals surface area (Å²) in [6.45, 7) is 10.7. The van der Waals surface area contributed by atoms with Crippen molar-refractivity contribution >= 4 is 17.6 Å². The van der Waals surface area contributed by atoms with Gasteiger partial charge in [-0.2, -0.15) is 0 Å². The maximum atomic E-state index is 11.1. The smallest absolute Gasteiger partial charge is 0.221 e. The number of carbonyl (C=O) groups is 1. The van der Waals surface area contributed by atoms with Crippen molar-refractivity contribution in [3.8, 4) is 0 Å². The molecular weight excluding hydrogens is 350 g/mol. The average Bonchev–Trinajstić information content (AvgIpc) is 2.69. The zero-order valence-electron chi connectivity index (χ0n) is 17.8. The topological polar surface area (TPSA) is 68.8 Å². The Balaban J connectivity index is 1.76. The zero-order chi connectivity index (χ0) is 20.2. The molecule has 0 bridgehead atoms. The molecule has 1 unspecified atom stereocenters. The number of carbonyl (C=O) groups excluding carboxylic acids is 1. The lowest BCUT2D eigenvalue weighted by molar-refractivity contribution is -0.114. The number of aliphatic imine (C=N–C) groups is 1. The lowest BCUT2D eigenvalue weighted by Crippen LogP contribution is -2.42. The van der Waals surface area contributed by atoms with Gasteiger partial charge in [0.05, 0.1) is 6.54 Å². The number of likely N-dealkylation sites (tertiary alicyclic amines) is 1. The molecule has 1 fully saturated rings. The van der Waals surface area contributed by atoms with Gasteiger partial charge in [-0.15, -0.1) is 0 Å². The van der Waals surface area contributed by atoms with Crippen LogP contribution in [-0.4, -0.2) is 55.5 Å². The van der Waals surface area contributed by atoms with Gasteiger partial charge >= 0.3 is 0 Å². The first-order valence-corrected chi connectivity index (χ1v) is 10.7. The number of nitrogens with zero attached hydrogens (tertiary/aromatic N) is 2. The Kier molecular flexibility index (Phi) is 9.83. The van der Waals surface area contributed by atoms with Crippen LogP contribution in [0.1, 0.15) is 52.0 Å².